The van der Waals surface area contributed by atoms with Crippen LogP contribution in [0.3, 0.4) is 0 Å². The van der Waals surface area contributed by atoms with Crippen LogP contribution in [-0.2, 0) is 11.5 Å². The lowest BCUT2D eigenvalue weighted by Crippen LogP contribution is -1.87. The van der Waals surface area contributed by atoms with Crippen LogP contribution < -0.4 is 0 Å². The molecule has 0 bridgehead atoms. The maximum atomic E-state index is 6.08. The van der Waals surface area contributed by atoms with Gasteiger partial charge in [-0.15, -0.1) is 0 Å². The molecule has 0 aliphatic rings. The topological polar surface area (TPSA) is 12.9 Å². The highest BCUT2D eigenvalue weighted by molar-refractivity contribution is 7.97. The molecule has 1 nitrogen and oxygen atoms in total. The van der Waals surface area contributed by atoms with Crippen LogP contribution in [-0.4, -0.2) is 4.98 Å². The van der Waals surface area contributed by atoms with Crippen LogP contribution in [0.1, 0.15) is 11.3 Å². The lowest BCUT2D eigenvalue weighted by molar-refractivity contribution is 1.17. The van der Waals surface area contributed by atoms with Crippen molar-refractivity contribution in [1.29, 1.82) is 0 Å². The van der Waals surface area contributed by atoms with E-state index in [1.807, 2.05) is 30.3 Å². The van der Waals surface area contributed by atoms with Crippen molar-refractivity contribution in [3.63, 3.8) is 0 Å². The molecule has 0 fully saturated rings. The molecule has 2 aromatic rings. The number of benzene rings is 1. The molecule has 0 saturated heterocycles. The maximum absolute atomic E-state index is 6.08. The average molecular weight is 284 g/mol. The molecule has 0 N–H and O–H groups in total. The molecule has 0 radical (unpaired) electrons. The van der Waals surface area contributed by atoms with Gasteiger partial charge in [-0.2, -0.15) is 11.8 Å². The predicted molar refractivity (Wildman–Crippen MR) is 75.7 cm³/mol. The first-order valence-corrected chi connectivity index (χ1v) is 7.08. The first-order chi connectivity index (χ1) is 8.25. The lowest BCUT2D eigenvalue weighted by atomic mass is 10.2. The molecular weight excluding hydrogens is 273 g/mol. The number of nitrogens with zero attached hydrogens (tertiary/aromatic N) is 1. The number of halogens is 2. The van der Waals surface area contributed by atoms with E-state index in [-0.39, 0.29) is 0 Å². The second-order valence-electron chi connectivity index (χ2n) is 3.55. The third-order valence-corrected chi connectivity index (χ3v) is 3.86. The minimum Gasteiger partial charge on any atom is -0.260 e. The Morgan fingerprint density at radius 2 is 1.88 bits per heavy atom. The van der Waals surface area contributed by atoms with Gasteiger partial charge in [-0.25, -0.2) is 0 Å². The highest BCUT2D eigenvalue weighted by Gasteiger charge is 2.00. The molecule has 0 spiro atoms. The minimum atomic E-state index is 0.730. The monoisotopic (exact) mass is 283 g/mol. The standard InChI is InChI=1S/C13H11Cl2NS/c14-11-5-6-16-12(7-11)9-17-8-10-3-1-2-4-13(10)15/h1-7H,8-9H2. The van der Waals surface area contributed by atoms with Crippen LogP contribution in [0.2, 0.25) is 10.0 Å². The summed E-state index contributed by atoms with van der Waals surface area (Å²) in [5.74, 6) is 1.72. The van der Waals surface area contributed by atoms with E-state index in [1.54, 1.807) is 24.0 Å². The third-order valence-electron chi connectivity index (χ3n) is 2.24. The Labute approximate surface area is 115 Å². The number of hydrogen-bond donors (Lipinski definition) is 0. The van der Waals surface area contributed by atoms with Crippen LogP contribution in [0.15, 0.2) is 42.6 Å². The van der Waals surface area contributed by atoms with E-state index in [0.717, 1.165) is 32.8 Å². The van der Waals surface area contributed by atoms with E-state index in [4.69, 9.17) is 23.2 Å². The molecule has 88 valence electrons. The molecule has 1 heterocycles. The van der Waals surface area contributed by atoms with Crippen molar-refractivity contribution < 1.29 is 0 Å². The van der Waals surface area contributed by atoms with Crippen LogP contribution in [0.25, 0.3) is 0 Å². The average Bonchev–Trinajstić information content (AvgIpc) is 2.32. The molecule has 0 atom stereocenters. The van der Waals surface area contributed by atoms with Crippen molar-refractivity contribution in [2.75, 3.05) is 0 Å². The fourth-order valence-electron chi connectivity index (χ4n) is 1.41. The summed E-state index contributed by atoms with van der Waals surface area (Å²) in [6.07, 6.45) is 1.73. The number of rotatable bonds is 4. The first kappa shape index (κ1) is 12.7. The molecule has 2 rings (SSSR count). The second-order valence-corrected chi connectivity index (χ2v) is 5.38. The Hall–Kier alpha value is -0.700. The largest absolute Gasteiger partial charge is 0.260 e. The van der Waals surface area contributed by atoms with Gasteiger partial charge in [0, 0.05) is 27.7 Å². The molecular formula is C13H11Cl2NS. The summed E-state index contributed by atoms with van der Waals surface area (Å²) in [5.41, 5.74) is 2.15. The first-order valence-electron chi connectivity index (χ1n) is 5.17. The summed E-state index contributed by atoms with van der Waals surface area (Å²) < 4.78 is 0. The Balaban J connectivity index is 1.90. The normalized spacial score (nSPS) is 10.5. The molecule has 0 unspecified atom stereocenters. The highest BCUT2D eigenvalue weighted by Crippen LogP contribution is 2.23. The van der Waals surface area contributed by atoms with Crippen molar-refractivity contribution in [3.05, 3.63) is 63.9 Å². The smallest absolute Gasteiger partial charge is 0.0517 e. The van der Waals surface area contributed by atoms with E-state index in [9.17, 15) is 0 Å². The summed E-state index contributed by atoms with van der Waals surface area (Å²) in [4.78, 5) is 4.25. The zero-order valence-electron chi connectivity index (χ0n) is 9.07. The van der Waals surface area contributed by atoms with Gasteiger partial charge in [0.25, 0.3) is 0 Å². The third kappa shape index (κ3) is 3.91. The van der Waals surface area contributed by atoms with Crippen LogP contribution in [0.5, 0.6) is 0 Å². The van der Waals surface area contributed by atoms with E-state index in [1.165, 1.54) is 0 Å². The number of aromatic nitrogens is 1. The predicted octanol–water partition coefficient (Wildman–Crippen LogP) is 4.82. The van der Waals surface area contributed by atoms with Gasteiger partial charge in [0.05, 0.1) is 5.69 Å². The molecule has 0 aliphatic heterocycles. The summed E-state index contributed by atoms with van der Waals surface area (Å²) in [5, 5.41) is 1.55. The molecule has 4 heteroatoms. The van der Waals surface area contributed by atoms with Crippen LogP contribution in [0.4, 0.5) is 0 Å². The Morgan fingerprint density at radius 3 is 2.65 bits per heavy atom. The number of pyridine rings is 1. The fourth-order valence-corrected chi connectivity index (χ4v) is 2.81. The van der Waals surface area contributed by atoms with Crippen molar-refractivity contribution >= 4 is 35.0 Å². The quantitative estimate of drug-likeness (QED) is 0.798. The van der Waals surface area contributed by atoms with Crippen LogP contribution >= 0.6 is 35.0 Å². The summed E-state index contributed by atoms with van der Waals surface area (Å²) >= 11 is 13.8. The zero-order chi connectivity index (χ0) is 12.1. The maximum Gasteiger partial charge on any atom is 0.0517 e. The molecule has 0 aliphatic carbocycles. The highest BCUT2D eigenvalue weighted by atomic mass is 35.5. The molecule has 1 aromatic heterocycles. The SMILES string of the molecule is Clc1ccnc(CSCc2ccccc2Cl)c1. The van der Waals surface area contributed by atoms with E-state index < -0.39 is 0 Å². The van der Waals surface area contributed by atoms with Crippen molar-refractivity contribution in [3.8, 4) is 0 Å². The van der Waals surface area contributed by atoms with Crippen molar-refractivity contribution in [2.24, 2.45) is 0 Å². The molecule has 17 heavy (non-hydrogen) atoms. The Kier molecular flexibility index (Phi) is 4.72. The van der Waals surface area contributed by atoms with E-state index in [0.29, 0.717) is 0 Å². The van der Waals surface area contributed by atoms with Gasteiger partial charge < -0.3 is 0 Å². The van der Waals surface area contributed by atoms with Gasteiger partial charge in [-0.1, -0.05) is 41.4 Å². The summed E-state index contributed by atoms with van der Waals surface area (Å²) in [6.45, 7) is 0. The van der Waals surface area contributed by atoms with E-state index in [2.05, 4.69) is 4.98 Å². The van der Waals surface area contributed by atoms with Gasteiger partial charge >= 0.3 is 0 Å². The second kappa shape index (κ2) is 6.29. The van der Waals surface area contributed by atoms with Gasteiger partial charge in [0.1, 0.15) is 0 Å². The van der Waals surface area contributed by atoms with Crippen LogP contribution in [0, 0.1) is 0 Å². The Bertz CT molecular complexity index is 502. The number of thioether (sulfide) groups is 1. The lowest BCUT2D eigenvalue weighted by Gasteiger charge is -2.04. The molecule has 0 saturated carbocycles. The van der Waals surface area contributed by atoms with E-state index >= 15 is 0 Å². The number of hydrogen-bond acceptors (Lipinski definition) is 2. The van der Waals surface area contributed by atoms with Gasteiger partial charge in [-0.3, -0.25) is 4.98 Å². The molecule has 1 aromatic carbocycles. The summed E-state index contributed by atoms with van der Waals surface area (Å²) in [7, 11) is 0. The van der Waals surface area contributed by atoms with Crippen molar-refractivity contribution in [1.82, 2.24) is 4.98 Å². The van der Waals surface area contributed by atoms with Crippen molar-refractivity contribution in [2.45, 2.75) is 11.5 Å². The molecule has 0 amide bonds. The van der Waals surface area contributed by atoms with Gasteiger partial charge in [-0.05, 0) is 23.8 Å². The van der Waals surface area contributed by atoms with Gasteiger partial charge in [0.15, 0.2) is 0 Å². The van der Waals surface area contributed by atoms with Gasteiger partial charge in [0.2, 0.25) is 0 Å². The zero-order valence-corrected chi connectivity index (χ0v) is 11.4. The minimum absolute atomic E-state index is 0.730. The summed E-state index contributed by atoms with van der Waals surface area (Å²) in [6, 6.07) is 11.6. The Morgan fingerprint density at radius 1 is 1.06 bits per heavy atom. The fraction of sp³-hybridized carbons (Fsp3) is 0.154.